The molecule has 3 rings (SSSR count). The molecule has 2 N–H and O–H groups in total. The lowest BCUT2D eigenvalue weighted by Crippen LogP contribution is -2.39. The molecule has 4 atom stereocenters. The zero-order chi connectivity index (χ0) is 14.9. The van der Waals surface area contributed by atoms with E-state index in [9.17, 15) is 0 Å². The third-order valence-electron chi connectivity index (χ3n) is 5.05. The maximum Gasteiger partial charge on any atom is 0.227 e. The van der Waals surface area contributed by atoms with Crippen LogP contribution < -0.4 is 5.73 Å². The monoisotopic (exact) mass is 293 g/mol. The van der Waals surface area contributed by atoms with Crippen LogP contribution in [0.1, 0.15) is 57.7 Å². The number of nitrogens with two attached hydrogens (primary N) is 1. The first-order chi connectivity index (χ1) is 10.1. The number of fused-ring (bicyclic) bond motifs is 2. The van der Waals surface area contributed by atoms with Gasteiger partial charge in [-0.2, -0.15) is 4.98 Å². The topological polar surface area (TPSA) is 74.2 Å². The van der Waals surface area contributed by atoms with Gasteiger partial charge in [-0.05, 0) is 50.4 Å². The zero-order valence-electron chi connectivity index (χ0n) is 13.2. The number of hydrogen-bond donors (Lipinski definition) is 1. The van der Waals surface area contributed by atoms with E-state index in [0.29, 0.717) is 19.0 Å². The predicted octanol–water partition coefficient (Wildman–Crippen LogP) is 2.65. The van der Waals surface area contributed by atoms with Crippen molar-refractivity contribution in [2.24, 2.45) is 23.5 Å². The van der Waals surface area contributed by atoms with Crippen molar-refractivity contribution in [1.82, 2.24) is 10.1 Å². The summed E-state index contributed by atoms with van der Waals surface area (Å²) in [7, 11) is 0. The summed E-state index contributed by atoms with van der Waals surface area (Å²) in [6.07, 6.45) is 7.45. The summed E-state index contributed by atoms with van der Waals surface area (Å²) in [5, 5.41) is 4.08. The Labute approximate surface area is 126 Å². The van der Waals surface area contributed by atoms with Gasteiger partial charge in [0.05, 0.1) is 6.61 Å². The van der Waals surface area contributed by atoms with Crippen molar-refractivity contribution in [3.05, 3.63) is 11.7 Å². The van der Waals surface area contributed by atoms with Crippen molar-refractivity contribution in [3.63, 3.8) is 0 Å². The van der Waals surface area contributed by atoms with Crippen molar-refractivity contribution in [1.29, 1.82) is 0 Å². The average Bonchev–Trinajstić information content (AvgIpc) is 3.15. The van der Waals surface area contributed by atoms with Crippen LogP contribution in [0.2, 0.25) is 0 Å². The lowest BCUT2D eigenvalue weighted by atomic mass is 9.86. The Morgan fingerprint density at radius 3 is 2.90 bits per heavy atom. The summed E-state index contributed by atoms with van der Waals surface area (Å²) in [6, 6.07) is 0. The normalized spacial score (nSPS) is 30.7. The fraction of sp³-hybridized carbons (Fsp3) is 0.875. The fourth-order valence-corrected chi connectivity index (χ4v) is 3.91. The van der Waals surface area contributed by atoms with E-state index in [4.69, 9.17) is 15.0 Å². The van der Waals surface area contributed by atoms with E-state index >= 15 is 0 Å². The SMILES string of the molecule is CCCOCC(C)(N)c1noc(CC2CC3CCC2C3)n1. The third kappa shape index (κ3) is 3.29. The highest BCUT2D eigenvalue weighted by atomic mass is 16.5. The van der Waals surface area contributed by atoms with Gasteiger partial charge in [0.25, 0.3) is 0 Å². The first-order valence-corrected chi connectivity index (χ1v) is 8.28. The van der Waals surface area contributed by atoms with Gasteiger partial charge in [-0.15, -0.1) is 0 Å². The van der Waals surface area contributed by atoms with Crippen LogP contribution >= 0.6 is 0 Å². The molecular formula is C16H27N3O2. The van der Waals surface area contributed by atoms with Gasteiger partial charge < -0.3 is 15.0 Å². The van der Waals surface area contributed by atoms with Gasteiger partial charge in [0.2, 0.25) is 5.89 Å². The third-order valence-corrected chi connectivity index (χ3v) is 5.05. The Kier molecular flexibility index (Phi) is 4.31. The summed E-state index contributed by atoms with van der Waals surface area (Å²) in [4.78, 5) is 4.52. The van der Waals surface area contributed by atoms with Gasteiger partial charge in [0.1, 0.15) is 5.54 Å². The predicted molar refractivity (Wildman–Crippen MR) is 79.6 cm³/mol. The second-order valence-electron chi connectivity index (χ2n) is 7.12. The Balaban J connectivity index is 1.58. The molecule has 0 radical (unpaired) electrons. The molecule has 0 saturated heterocycles. The van der Waals surface area contributed by atoms with Gasteiger partial charge in [-0.3, -0.25) is 0 Å². The van der Waals surface area contributed by atoms with Crippen LogP contribution in [0, 0.1) is 17.8 Å². The first-order valence-electron chi connectivity index (χ1n) is 8.28. The molecular weight excluding hydrogens is 266 g/mol. The average molecular weight is 293 g/mol. The van der Waals surface area contributed by atoms with Crippen molar-refractivity contribution < 1.29 is 9.26 Å². The molecule has 118 valence electrons. The van der Waals surface area contributed by atoms with Crippen molar-refractivity contribution >= 4 is 0 Å². The molecule has 0 aliphatic heterocycles. The minimum Gasteiger partial charge on any atom is -0.379 e. The molecule has 0 aromatic carbocycles. The van der Waals surface area contributed by atoms with Crippen LogP contribution in [0.5, 0.6) is 0 Å². The van der Waals surface area contributed by atoms with Crippen LogP contribution in [-0.4, -0.2) is 23.4 Å². The smallest absolute Gasteiger partial charge is 0.227 e. The lowest BCUT2D eigenvalue weighted by Gasteiger charge is -2.20. The van der Waals surface area contributed by atoms with Gasteiger partial charge in [0, 0.05) is 13.0 Å². The summed E-state index contributed by atoms with van der Waals surface area (Å²) in [5.41, 5.74) is 5.58. The second kappa shape index (κ2) is 6.05. The Morgan fingerprint density at radius 1 is 1.38 bits per heavy atom. The highest BCUT2D eigenvalue weighted by molar-refractivity contribution is 5.03. The Morgan fingerprint density at radius 2 is 2.24 bits per heavy atom. The van der Waals surface area contributed by atoms with Crippen molar-refractivity contribution in [3.8, 4) is 0 Å². The zero-order valence-corrected chi connectivity index (χ0v) is 13.2. The molecule has 0 amide bonds. The van der Waals surface area contributed by atoms with Crippen LogP contribution in [0.3, 0.4) is 0 Å². The van der Waals surface area contributed by atoms with E-state index in [1.165, 1.54) is 25.7 Å². The van der Waals surface area contributed by atoms with Gasteiger partial charge >= 0.3 is 0 Å². The van der Waals surface area contributed by atoms with Gasteiger partial charge in [0.15, 0.2) is 5.82 Å². The number of rotatable bonds is 7. The molecule has 1 aromatic heterocycles. The lowest BCUT2D eigenvalue weighted by molar-refractivity contribution is 0.0867. The molecule has 2 aliphatic carbocycles. The molecule has 5 nitrogen and oxygen atoms in total. The highest BCUT2D eigenvalue weighted by Crippen LogP contribution is 2.49. The molecule has 2 saturated carbocycles. The number of nitrogens with zero attached hydrogens (tertiary/aromatic N) is 2. The van der Waals surface area contributed by atoms with Crippen LogP contribution in [0.25, 0.3) is 0 Å². The first kappa shape index (κ1) is 15.0. The maximum atomic E-state index is 6.25. The van der Waals surface area contributed by atoms with Gasteiger partial charge in [-0.25, -0.2) is 0 Å². The van der Waals surface area contributed by atoms with Crippen molar-refractivity contribution in [2.75, 3.05) is 13.2 Å². The summed E-state index contributed by atoms with van der Waals surface area (Å²) >= 11 is 0. The summed E-state index contributed by atoms with van der Waals surface area (Å²) in [6.45, 7) is 5.11. The van der Waals surface area contributed by atoms with E-state index in [1.54, 1.807) is 0 Å². The van der Waals surface area contributed by atoms with Crippen LogP contribution in [0.15, 0.2) is 4.52 Å². The fourth-order valence-electron chi connectivity index (χ4n) is 3.91. The molecule has 2 fully saturated rings. The standard InChI is InChI=1S/C16H27N3O2/c1-3-6-20-10-16(2,17)15-18-14(21-19-15)9-13-8-11-4-5-12(13)7-11/h11-13H,3-10,17H2,1-2H3. The molecule has 5 heteroatoms. The second-order valence-corrected chi connectivity index (χ2v) is 7.12. The molecule has 0 spiro atoms. The molecule has 4 unspecified atom stereocenters. The minimum atomic E-state index is -0.675. The van der Waals surface area contributed by atoms with Crippen LogP contribution in [0.4, 0.5) is 0 Å². The number of aromatic nitrogens is 2. The summed E-state index contributed by atoms with van der Waals surface area (Å²) < 4.78 is 11.0. The van der Waals surface area contributed by atoms with Crippen molar-refractivity contribution in [2.45, 2.75) is 57.9 Å². The minimum absolute atomic E-state index is 0.425. The van der Waals surface area contributed by atoms with E-state index in [-0.39, 0.29) is 0 Å². The molecule has 1 heterocycles. The highest BCUT2D eigenvalue weighted by Gasteiger charge is 2.40. The Hall–Kier alpha value is -0.940. The van der Waals surface area contributed by atoms with E-state index in [2.05, 4.69) is 17.1 Å². The Bertz CT molecular complexity index is 472. The molecule has 2 bridgehead atoms. The van der Waals surface area contributed by atoms with Crippen LogP contribution in [-0.2, 0) is 16.7 Å². The van der Waals surface area contributed by atoms with Gasteiger partial charge in [-0.1, -0.05) is 18.5 Å². The number of hydrogen-bond acceptors (Lipinski definition) is 5. The van der Waals surface area contributed by atoms with E-state index in [1.807, 2.05) is 6.92 Å². The van der Waals surface area contributed by atoms with E-state index < -0.39 is 5.54 Å². The van der Waals surface area contributed by atoms with E-state index in [0.717, 1.165) is 36.5 Å². The largest absolute Gasteiger partial charge is 0.379 e. The molecule has 1 aromatic rings. The maximum absolute atomic E-state index is 6.25. The molecule has 2 aliphatic rings. The quantitative estimate of drug-likeness (QED) is 0.782. The number of ether oxygens (including phenoxy) is 1. The summed E-state index contributed by atoms with van der Waals surface area (Å²) in [5.74, 6) is 3.87. The molecule has 21 heavy (non-hydrogen) atoms.